The van der Waals surface area contributed by atoms with E-state index in [1.165, 1.54) is 4.68 Å². The average molecular weight is 218 g/mol. The van der Waals surface area contributed by atoms with Crippen LogP contribution in [0, 0.1) is 6.92 Å². The van der Waals surface area contributed by atoms with Crippen molar-refractivity contribution in [2.75, 3.05) is 18.7 Å². The van der Waals surface area contributed by atoms with Crippen molar-refractivity contribution in [3.63, 3.8) is 0 Å². The Morgan fingerprint density at radius 1 is 1.38 bits per heavy atom. The highest BCUT2D eigenvalue weighted by molar-refractivity contribution is 5.72. The van der Waals surface area contributed by atoms with Crippen LogP contribution in [-0.2, 0) is 0 Å². The first kappa shape index (κ1) is 10.4. The van der Waals surface area contributed by atoms with Crippen molar-refractivity contribution in [3.8, 4) is 17.0 Å². The summed E-state index contributed by atoms with van der Waals surface area (Å²) in [5.74, 6) is 7.60. The molecular weight excluding hydrogens is 204 g/mol. The number of ether oxygens (including phenoxy) is 1. The fourth-order valence-electron chi connectivity index (χ4n) is 1.54. The Labute approximate surface area is 93.6 Å². The second-order valence-corrected chi connectivity index (χ2v) is 3.49. The average Bonchev–Trinajstić information content (AvgIpc) is 2.57. The predicted molar refractivity (Wildman–Crippen MR) is 63.5 cm³/mol. The number of aryl methyl sites for hydroxylation is 1. The molecule has 0 aliphatic carbocycles. The van der Waals surface area contributed by atoms with Gasteiger partial charge in [-0.05, 0) is 19.1 Å². The molecule has 0 saturated carbocycles. The van der Waals surface area contributed by atoms with Gasteiger partial charge in [0, 0.05) is 5.56 Å². The van der Waals surface area contributed by atoms with Gasteiger partial charge in [-0.2, -0.15) is 0 Å². The molecule has 84 valence electrons. The minimum Gasteiger partial charge on any atom is -0.497 e. The molecule has 1 aromatic carbocycles. The summed E-state index contributed by atoms with van der Waals surface area (Å²) >= 11 is 0. The van der Waals surface area contributed by atoms with Crippen molar-refractivity contribution >= 4 is 5.82 Å². The van der Waals surface area contributed by atoms with Crippen LogP contribution in [0.3, 0.4) is 0 Å². The van der Waals surface area contributed by atoms with Gasteiger partial charge in [0.1, 0.15) is 17.3 Å². The van der Waals surface area contributed by atoms with Gasteiger partial charge in [-0.1, -0.05) is 12.1 Å². The number of hydrogen-bond donors (Lipinski definition) is 2. The molecule has 0 aliphatic heterocycles. The van der Waals surface area contributed by atoms with E-state index in [0.29, 0.717) is 17.3 Å². The Balaban J connectivity index is 2.54. The Kier molecular flexibility index (Phi) is 2.44. The summed E-state index contributed by atoms with van der Waals surface area (Å²) < 4.78 is 6.52. The minimum absolute atomic E-state index is 0.450. The maximum atomic E-state index is 5.86. The van der Waals surface area contributed by atoms with Gasteiger partial charge >= 0.3 is 0 Å². The molecule has 0 fully saturated rings. The van der Waals surface area contributed by atoms with Crippen molar-refractivity contribution in [2.45, 2.75) is 6.92 Å². The third kappa shape index (κ3) is 1.56. The lowest BCUT2D eigenvalue weighted by molar-refractivity contribution is 0.415. The maximum Gasteiger partial charge on any atom is 0.150 e. The van der Waals surface area contributed by atoms with E-state index >= 15 is 0 Å². The van der Waals surface area contributed by atoms with Crippen molar-refractivity contribution in [1.82, 2.24) is 9.66 Å². The van der Waals surface area contributed by atoms with E-state index in [0.717, 1.165) is 11.3 Å². The molecule has 0 unspecified atom stereocenters. The van der Waals surface area contributed by atoms with Gasteiger partial charge in [-0.3, -0.25) is 0 Å². The highest BCUT2D eigenvalue weighted by atomic mass is 16.5. The van der Waals surface area contributed by atoms with Gasteiger partial charge in [0.05, 0.1) is 7.11 Å². The molecular formula is C11H14N4O. The van der Waals surface area contributed by atoms with Crippen LogP contribution in [0.2, 0.25) is 0 Å². The first-order valence-corrected chi connectivity index (χ1v) is 4.88. The van der Waals surface area contributed by atoms with E-state index in [1.54, 1.807) is 14.0 Å². The van der Waals surface area contributed by atoms with Gasteiger partial charge in [-0.25, -0.2) is 9.66 Å². The second kappa shape index (κ2) is 3.77. The van der Waals surface area contributed by atoms with Crippen LogP contribution in [-0.4, -0.2) is 16.8 Å². The van der Waals surface area contributed by atoms with Crippen LogP contribution in [0.4, 0.5) is 5.82 Å². The molecule has 5 nitrogen and oxygen atoms in total. The van der Waals surface area contributed by atoms with Gasteiger partial charge in [0.15, 0.2) is 5.82 Å². The number of hydrogen-bond acceptors (Lipinski definition) is 4. The fourth-order valence-corrected chi connectivity index (χ4v) is 1.54. The summed E-state index contributed by atoms with van der Waals surface area (Å²) in [5.41, 5.74) is 7.43. The minimum atomic E-state index is 0.450. The van der Waals surface area contributed by atoms with E-state index in [1.807, 2.05) is 24.3 Å². The van der Waals surface area contributed by atoms with Crippen molar-refractivity contribution in [2.24, 2.45) is 0 Å². The lowest BCUT2D eigenvalue weighted by Crippen LogP contribution is -2.13. The molecule has 2 aromatic rings. The summed E-state index contributed by atoms with van der Waals surface area (Å²) in [7, 11) is 1.62. The largest absolute Gasteiger partial charge is 0.497 e. The molecule has 0 spiro atoms. The molecule has 0 saturated heterocycles. The quantitative estimate of drug-likeness (QED) is 0.741. The molecule has 2 rings (SSSR count). The van der Waals surface area contributed by atoms with Crippen LogP contribution in [0.15, 0.2) is 24.3 Å². The maximum absolute atomic E-state index is 5.86. The van der Waals surface area contributed by atoms with Crippen LogP contribution in [0.5, 0.6) is 5.75 Å². The number of aromatic nitrogens is 2. The SMILES string of the molecule is COc1cccc(-c2nc(C)n(N)c2N)c1. The first-order chi connectivity index (χ1) is 7.63. The smallest absolute Gasteiger partial charge is 0.150 e. The summed E-state index contributed by atoms with van der Waals surface area (Å²) in [4.78, 5) is 4.31. The van der Waals surface area contributed by atoms with Crippen molar-refractivity contribution in [1.29, 1.82) is 0 Å². The van der Waals surface area contributed by atoms with Gasteiger partial charge in [0.25, 0.3) is 0 Å². The normalized spacial score (nSPS) is 10.4. The molecule has 0 radical (unpaired) electrons. The zero-order valence-corrected chi connectivity index (χ0v) is 9.27. The number of rotatable bonds is 2. The Bertz CT molecular complexity index is 519. The fraction of sp³-hybridized carbons (Fsp3) is 0.182. The summed E-state index contributed by atoms with van der Waals surface area (Å²) in [5, 5.41) is 0. The van der Waals surface area contributed by atoms with E-state index in [-0.39, 0.29) is 0 Å². The molecule has 1 heterocycles. The van der Waals surface area contributed by atoms with Gasteiger partial charge in [0.2, 0.25) is 0 Å². The van der Waals surface area contributed by atoms with Crippen LogP contribution >= 0.6 is 0 Å². The molecule has 0 atom stereocenters. The molecule has 0 bridgehead atoms. The Hall–Kier alpha value is -2.17. The van der Waals surface area contributed by atoms with Gasteiger partial charge < -0.3 is 16.3 Å². The lowest BCUT2D eigenvalue weighted by atomic mass is 10.1. The van der Waals surface area contributed by atoms with Crippen molar-refractivity contribution < 1.29 is 4.74 Å². The number of nitrogen functional groups attached to an aromatic ring is 2. The van der Waals surface area contributed by atoms with E-state index in [2.05, 4.69) is 4.98 Å². The van der Waals surface area contributed by atoms with Crippen LogP contribution in [0.1, 0.15) is 5.82 Å². The molecule has 0 aliphatic rings. The van der Waals surface area contributed by atoms with Crippen molar-refractivity contribution in [3.05, 3.63) is 30.1 Å². The third-order valence-corrected chi connectivity index (χ3v) is 2.47. The Morgan fingerprint density at radius 3 is 2.69 bits per heavy atom. The lowest BCUT2D eigenvalue weighted by Gasteiger charge is -2.03. The number of methoxy groups -OCH3 is 1. The third-order valence-electron chi connectivity index (χ3n) is 2.47. The van der Waals surface area contributed by atoms with Crippen LogP contribution < -0.4 is 16.3 Å². The monoisotopic (exact) mass is 218 g/mol. The van der Waals surface area contributed by atoms with E-state index < -0.39 is 0 Å². The zero-order chi connectivity index (χ0) is 11.7. The first-order valence-electron chi connectivity index (χ1n) is 4.88. The zero-order valence-electron chi connectivity index (χ0n) is 9.27. The molecule has 0 amide bonds. The standard InChI is InChI=1S/C11H14N4O/c1-7-14-10(11(12)15(7)13)8-4-3-5-9(6-8)16-2/h3-6H,12-13H2,1-2H3. The predicted octanol–water partition coefficient (Wildman–Crippen LogP) is 1.16. The Morgan fingerprint density at radius 2 is 2.12 bits per heavy atom. The van der Waals surface area contributed by atoms with E-state index in [9.17, 15) is 0 Å². The second-order valence-electron chi connectivity index (χ2n) is 3.49. The summed E-state index contributed by atoms with van der Waals surface area (Å²) in [6.45, 7) is 1.81. The number of imidazole rings is 1. The number of nitrogens with two attached hydrogens (primary N) is 2. The highest BCUT2D eigenvalue weighted by Gasteiger charge is 2.12. The molecule has 4 N–H and O–H groups in total. The summed E-state index contributed by atoms with van der Waals surface area (Å²) in [6, 6.07) is 7.54. The molecule has 1 aromatic heterocycles. The van der Waals surface area contributed by atoms with Gasteiger partial charge in [-0.15, -0.1) is 0 Å². The molecule has 5 heteroatoms. The van der Waals surface area contributed by atoms with Crippen LogP contribution in [0.25, 0.3) is 11.3 Å². The summed E-state index contributed by atoms with van der Waals surface area (Å²) in [6.07, 6.45) is 0. The number of anilines is 1. The topological polar surface area (TPSA) is 79.1 Å². The number of benzene rings is 1. The highest BCUT2D eigenvalue weighted by Crippen LogP contribution is 2.27. The van der Waals surface area contributed by atoms with E-state index in [4.69, 9.17) is 16.3 Å². The number of nitrogens with zero attached hydrogens (tertiary/aromatic N) is 2. The molecule has 16 heavy (non-hydrogen) atoms.